The Morgan fingerprint density at radius 2 is 1.92 bits per heavy atom. The van der Waals surface area contributed by atoms with Crippen LogP contribution in [0.5, 0.6) is 0 Å². The molecule has 4 nitrogen and oxygen atoms in total. The van der Waals surface area contributed by atoms with Gasteiger partial charge in [0.05, 0.1) is 0 Å². The third-order valence-electron chi connectivity index (χ3n) is 3.21. The molecule has 0 atom stereocenters. The summed E-state index contributed by atoms with van der Waals surface area (Å²) < 4.78 is 0. The number of hydrogen-bond donors (Lipinski definition) is 0. The molecule has 13 heavy (non-hydrogen) atoms. The first-order valence-corrected chi connectivity index (χ1v) is 4.79. The summed E-state index contributed by atoms with van der Waals surface area (Å²) in [4.78, 5) is 10.0. The van der Waals surface area contributed by atoms with Gasteiger partial charge >= 0.3 is 0 Å². The maximum absolute atomic E-state index is 5.54. The summed E-state index contributed by atoms with van der Waals surface area (Å²) in [5.74, 6) is 0.990. The topological polar surface area (TPSA) is 28.1 Å². The van der Waals surface area contributed by atoms with Crippen molar-refractivity contribution in [2.75, 3.05) is 27.2 Å². The van der Waals surface area contributed by atoms with Crippen LogP contribution in [0.4, 0.5) is 0 Å². The SMILES string of the molecule is CC1=NOC2(CCN(C)CC2)N1C. The van der Waals surface area contributed by atoms with Crippen LogP contribution >= 0.6 is 0 Å². The molecule has 2 rings (SSSR count). The Balaban J connectivity index is 2.07. The molecule has 0 radical (unpaired) electrons. The number of nitrogens with zero attached hydrogens (tertiary/aromatic N) is 3. The molecular formula is C9H17N3O. The van der Waals surface area contributed by atoms with E-state index in [1.165, 1.54) is 0 Å². The van der Waals surface area contributed by atoms with E-state index in [1.807, 2.05) is 6.92 Å². The van der Waals surface area contributed by atoms with Crippen molar-refractivity contribution in [3.8, 4) is 0 Å². The molecule has 74 valence electrons. The quantitative estimate of drug-likeness (QED) is 0.553. The van der Waals surface area contributed by atoms with Crippen LogP contribution in [0.3, 0.4) is 0 Å². The molecule has 0 aliphatic carbocycles. The second-order valence-electron chi connectivity index (χ2n) is 4.04. The largest absolute Gasteiger partial charge is 0.365 e. The van der Waals surface area contributed by atoms with Crippen molar-refractivity contribution in [2.24, 2.45) is 5.16 Å². The van der Waals surface area contributed by atoms with E-state index in [4.69, 9.17) is 4.84 Å². The van der Waals surface area contributed by atoms with E-state index < -0.39 is 0 Å². The van der Waals surface area contributed by atoms with Crippen molar-refractivity contribution >= 4 is 5.84 Å². The Bertz CT molecular complexity index is 231. The molecule has 2 heterocycles. The maximum atomic E-state index is 5.54. The van der Waals surface area contributed by atoms with E-state index in [-0.39, 0.29) is 5.72 Å². The van der Waals surface area contributed by atoms with Gasteiger partial charge in [-0.1, -0.05) is 5.16 Å². The van der Waals surface area contributed by atoms with Crippen molar-refractivity contribution in [1.82, 2.24) is 9.80 Å². The molecular weight excluding hydrogens is 166 g/mol. The number of likely N-dealkylation sites (tertiary alicyclic amines) is 1. The number of hydrogen-bond acceptors (Lipinski definition) is 4. The fourth-order valence-corrected chi connectivity index (χ4v) is 1.96. The average Bonchev–Trinajstić information content (AvgIpc) is 2.40. The maximum Gasteiger partial charge on any atom is 0.213 e. The first kappa shape index (κ1) is 8.81. The molecule has 2 aliphatic rings. The predicted molar refractivity (Wildman–Crippen MR) is 51.4 cm³/mol. The molecule has 0 unspecified atom stereocenters. The van der Waals surface area contributed by atoms with E-state index in [0.717, 1.165) is 31.8 Å². The highest BCUT2D eigenvalue weighted by Gasteiger charge is 2.44. The minimum absolute atomic E-state index is 0.128. The van der Waals surface area contributed by atoms with Gasteiger partial charge in [0.25, 0.3) is 0 Å². The smallest absolute Gasteiger partial charge is 0.213 e. The van der Waals surface area contributed by atoms with Gasteiger partial charge in [0.2, 0.25) is 5.72 Å². The molecule has 4 heteroatoms. The van der Waals surface area contributed by atoms with Crippen molar-refractivity contribution < 1.29 is 4.84 Å². The van der Waals surface area contributed by atoms with Gasteiger partial charge in [-0.15, -0.1) is 0 Å². The molecule has 1 fully saturated rings. The van der Waals surface area contributed by atoms with Crippen molar-refractivity contribution in [1.29, 1.82) is 0 Å². The molecule has 2 aliphatic heterocycles. The normalized spacial score (nSPS) is 27.6. The van der Waals surface area contributed by atoms with Crippen molar-refractivity contribution in [2.45, 2.75) is 25.5 Å². The monoisotopic (exact) mass is 183 g/mol. The molecule has 0 bridgehead atoms. The fraction of sp³-hybridized carbons (Fsp3) is 0.889. The lowest BCUT2D eigenvalue weighted by Gasteiger charge is -2.40. The standard InChI is InChI=1S/C9H17N3O/c1-8-10-13-9(12(8)3)4-6-11(2)7-5-9/h4-7H2,1-3H3. The zero-order chi connectivity index (χ0) is 9.47. The molecule has 1 saturated heterocycles. The van der Waals surface area contributed by atoms with Crippen LogP contribution in [-0.2, 0) is 4.84 Å². The number of oxime groups is 1. The second kappa shape index (κ2) is 2.87. The predicted octanol–water partition coefficient (Wildman–Crippen LogP) is 0.704. The lowest BCUT2D eigenvalue weighted by atomic mass is 9.99. The van der Waals surface area contributed by atoms with Crippen LogP contribution in [-0.4, -0.2) is 48.5 Å². The Hall–Kier alpha value is -0.770. The molecule has 0 aromatic carbocycles. The van der Waals surface area contributed by atoms with Gasteiger partial charge < -0.3 is 14.6 Å². The van der Waals surface area contributed by atoms with Crippen LogP contribution in [0, 0.1) is 0 Å². The van der Waals surface area contributed by atoms with Crippen LogP contribution in [0.25, 0.3) is 0 Å². The summed E-state index contributed by atoms with van der Waals surface area (Å²) in [7, 11) is 4.21. The summed E-state index contributed by atoms with van der Waals surface area (Å²) in [5, 5.41) is 4.04. The van der Waals surface area contributed by atoms with Crippen molar-refractivity contribution in [3.05, 3.63) is 0 Å². The molecule has 0 amide bonds. The van der Waals surface area contributed by atoms with E-state index in [0.29, 0.717) is 0 Å². The summed E-state index contributed by atoms with van der Waals surface area (Å²) >= 11 is 0. The minimum atomic E-state index is -0.128. The Morgan fingerprint density at radius 1 is 1.31 bits per heavy atom. The number of rotatable bonds is 0. The van der Waals surface area contributed by atoms with Crippen LogP contribution in [0.2, 0.25) is 0 Å². The van der Waals surface area contributed by atoms with Gasteiger partial charge in [0.15, 0.2) is 0 Å². The van der Waals surface area contributed by atoms with Crippen LogP contribution < -0.4 is 0 Å². The lowest BCUT2D eigenvalue weighted by molar-refractivity contribution is -0.123. The van der Waals surface area contributed by atoms with E-state index >= 15 is 0 Å². The van der Waals surface area contributed by atoms with E-state index in [1.54, 1.807) is 0 Å². The number of amidine groups is 1. The third-order valence-corrected chi connectivity index (χ3v) is 3.21. The summed E-state index contributed by atoms with van der Waals surface area (Å²) in [6.45, 7) is 4.17. The highest BCUT2D eigenvalue weighted by molar-refractivity contribution is 5.80. The summed E-state index contributed by atoms with van der Waals surface area (Å²) in [5.41, 5.74) is -0.128. The van der Waals surface area contributed by atoms with Crippen LogP contribution in [0.1, 0.15) is 19.8 Å². The van der Waals surface area contributed by atoms with Gasteiger partial charge in [-0.3, -0.25) is 0 Å². The third kappa shape index (κ3) is 1.29. The zero-order valence-electron chi connectivity index (χ0n) is 8.58. The molecule has 0 aromatic rings. The highest BCUT2D eigenvalue weighted by atomic mass is 16.7. The zero-order valence-corrected chi connectivity index (χ0v) is 8.58. The van der Waals surface area contributed by atoms with Gasteiger partial charge in [-0.05, 0) is 14.0 Å². The average molecular weight is 183 g/mol. The van der Waals surface area contributed by atoms with Gasteiger partial charge in [-0.2, -0.15) is 0 Å². The fourth-order valence-electron chi connectivity index (χ4n) is 1.96. The Kier molecular flexibility index (Phi) is 1.95. The van der Waals surface area contributed by atoms with Gasteiger partial charge in [0.1, 0.15) is 5.84 Å². The first-order chi connectivity index (χ1) is 6.14. The second-order valence-corrected chi connectivity index (χ2v) is 4.04. The summed E-state index contributed by atoms with van der Waals surface area (Å²) in [6.07, 6.45) is 2.08. The molecule has 0 N–H and O–H groups in total. The lowest BCUT2D eigenvalue weighted by Crippen LogP contribution is -2.52. The minimum Gasteiger partial charge on any atom is -0.365 e. The summed E-state index contributed by atoms with van der Waals surface area (Å²) in [6, 6.07) is 0. The highest BCUT2D eigenvalue weighted by Crippen LogP contribution is 2.33. The molecule has 0 aromatic heterocycles. The molecule has 1 spiro atoms. The van der Waals surface area contributed by atoms with Gasteiger partial charge in [-0.25, -0.2) is 0 Å². The first-order valence-electron chi connectivity index (χ1n) is 4.79. The Morgan fingerprint density at radius 3 is 2.38 bits per heavy atom. The Labute approximate surface area is 79.1 Å². The van der Waals surface area contributed by atoms with Gasteiger partial charge in [0, 0.05) is 33.0 Å². The number of piperidine rings is 1. The van der Waals surface area contributed by atoms with Crippen LogP contribution in [0.15, 0.2) is 5.16 Å². The van der Waals surface area contributed by atoms with E-state index in [2.05, 4.69) is 29.1 Å². The van der Waals surface area contributed by atoms with Crippen molar-refractivity contribution in [3.63, 3.8) is 0 Å². The molecule has 0 saturated carbocycles. The van der Waals surface area contributed by atoms with E-state index in [9.17, 15) is 0 Å².